The lowest BCUT2D eigenvalue weighted by Crippen LogP contribution is -2.50. The van der Waals surface area contributed by atoms with Crippen LogP contribution in [0, 0.1) is 0 Å². The van der Waals surface area contributed by atoms with Gasteiger partial charge in [-0.25, -0.2) is 0 Å². The molecule has 5 heteroatoms. The lowest BCUT2D eigenvalue weighted by molar-refractivity contribution is -0.122. The molecule has 3 nitrogen and oxygen atoms in total. The summed E-state index contributed by atoms with van der Waals surface area (Å²) < 4.78 is 0. The zero-order valence-electron chi connectivity index (χ0n) is 9.94. The number of nitrogens with two attached hydrogens (primary N) is 2. The minimum atomic E-state index is -0.959. The van der Waals surface area contributed by atoms with Gasteiger partial charge in [0.25, 0.3) is 0 Å². The number of hydrogen-bond acceptors (Lipinski definition) is 3. The molecule has 1 aromatic rings. The molecule has 2 atom stereocenters. The molecule has 0 aliphatic rings. The van der Waals surface area contributed by atoms with Crippen LogP contribution in [0.15, 0.2) is 29.2 Å². The molecule has 2 unspecified atom stereocenters. The molecule has 0 saturated carbocycles. The van der Waals surface area contributed by atoms with Crippen molar-refractivity contribution in [2.75, 3.05) is 0 Å². The van der Waals surface area contributed by atoms with E-state index in [1.165, 1.54) is 0 Å². The molecule has 0 aliphatic carbocycles. The van der Waals surface area contributed by atoms with Crippen molar-refractivity contribution in [2.45, 2.75) is 36.0 Å². The summed E-state index contributed by atoms with van der Waals surface area (Å²) in [6, 6.07) is 7.57. The first kappa shape index (κ1) is 14.4. The van der Waals surface area contributed by atoms with Crippen molar-refractivity contribution in [1.82, 2.24) is 0 Å². The minimum Gasteiger partial charge on any atom is -0.368 e. The summed E-state index contributed by atoms with van der Waals surface area (Å²) >= 11 is 7.46. The van der Waals surface area contributed by atoms with Gasteiger partial charge in [-0.15, -0.1) is 11.8 Å². The van der Waals surface area contributed by atoms with Gasteiger partial charge in [0, 0.05) is 15.2 Å². The van der Waals surface area contributed by atoms with Crippen molar-refractivity contribution in [3.8, 4) is 0 Å². The molecule has 17 heavy (non-hydrogen) atoms. The van der Waals surface area contributed by atoms with Gasteiger partial charge in [-0.05, 0) is 37.6 Å². The second-order valence-electron chi connectivity index (χ2n) is 4.37. The molecule has 0 saturated heterocycles. The smallest absolute Gasteiger partial charge is 0.237 e. The fourth-order valence-electron chi connectivity index (χ4n) is 1.48. The summed E-state index contributed by atoms with van der Waals surface area (Å²) in [5, 5.41) is 0.918. The highest BCUT2D eigenvalue weighted by atomic mass is 35.5. The summed E-state index contributed by atoms with van der Waals surface area (Å²) in [6.45, 7) is 3.68. The third-order valence-electron chi connectivity index (χ3n) is 2.43. The van der Waals surface area contributed by atoms with Crippen LogP contribution in [-0.4, -0.2) is 16.7 Å². The second kappa shape index (κ2) is 5.76. The van der Waals surface area contributed by atoms with Gasteiger partial charge in [-0.3, -0.25) is 4.79 Å². The zero-order valence-corrected chi connectivity index (χ0v) is 11.5. The van der Waals surface area contributed by atoms with Gasteiger partial charge >= 0.3 is 0 Å². The Balaban J connectivity index is 2.58. The van der Waals surface area contributed by atoms with Crippen LogP contribution >= 0.6 is 23.4 Å². The average molecular weight is 273 g/mol. The van der Waals surface area contributed by atoms with Gasteiger partial charge in [0.15, 0.2) is 0 Å². The third kappa shape index (κ3) is 4.58. The highest BCUT2D eigenvalue weighted by molar-refractivity contribution is 7.99. The Morgan fingerprint density at radius 3 is 2.47 bits per heavy atom. The molecule has 0 aromatic heterocycles. The van der Waals surface area contributed by atoms with Gasteiger partial charge in [0.1, 0.15) is 0 Å². The topological polar surface area (TPSA) is 69.1 Å². The van der Waals surface area contributed by atoms with Crippen molar-refractivity contribution in [1.29, 1.82) is 0 Å². The Hall–Kier alpha value is -0.710. The fourth-order valence-corrected chi connectivity index (χ4v) is 2.80. The molecule has 4 N–H and O–H groups in total. The molecule has 0 bridgehead atoms. The standard InChI is InChI=1S/C12H17ClN2OS/c1-8(7-12(2,15)11(14)16)17-10-5-3-9(13)4-6-10/h3-6,8H,7,15H2,1-2H3,(H2,14,16). The van der Waals surface area contributed by atoms with Crippen molar-refractivity contribution < 1.29 is 4.79 Å². The summed E-state index contributed by atoms with van der Waals surface area (Å²) in [6.07, 6.45) is 0.537. The van der Waals surface area contributed by atoms with E-state index < -0.39 is 11.4 Å². The van der Waals surface area contributed by atoms with E-state index in [0.29, 0.717) is 11.4 Å². The van der Waals surface area contributed by atoms with E-state index in [2.05, 4.69) is 0 Å². The van der Waals surface area contributed by atoms with Crippen LogP contribution in [0.1, 0.15) is 20.3 Å². The maximum absolute atomic E-state index is 11.1. The van der Waals surface area contributed by atoms with E-state index in [1.807, 2.05) is 31.2 Å². The molecule has 94 valence electrons. The van der Waals surface area contributed by atoms with Crippen LogP contribution in [0.4, 0.5) is 0 Å². The number of benzene rings is 1. The van der Waals surface area contributed by atoms with Crippen molar-refractivity contribution in [3.63, 3.8) is 0 Å². The maximum Gasteiger partial charge on any atom is 0.237 e. The third-order valence-corrected chi connectivity index (χ3v) is 3.79. The summed E-state index contributed by atoms with van der Waals surface area (Å²) in [4.78, 5) is 12.2. The molecule has 1 rings (SSSR count). The first-order valence-electron chi connectivity index (χ1n) is 5.32. The number of thioether (sulfide) groups is 1. The van der Waals surface area contributed by atoms with E-state index in [4.69, 9.17) is 23.1 Å². The van der Waals surface area contributed by atoms with Crippen LogP contribution in [-0.2, 0) is 4.79 Å². The number of carbonyl (C=O) groups excluding carboxylic acids is 1. The molecule has 1 aromatic carbocycles. The predicted octanol–water partition coefficient (Wildman–Crippen LogP) is 2.41. The molecule has 0 aliphatic heterocycles. The van der Waals surface area contributed by atoms with E-state index >= 15 is 0 Å². The lowest BCUT2D eigenvalue weighted by Gasteiger charge is -2.24. The van der Waals surface area contributed by atoms with Crippen LogP contribution in [0.5, 0.6) is 0 Å². The van der Waals surface area contributed by atoms with Crippen LogP contribution in [0.2, 0.25) is 5.02 Å². The van der Waals surface area contributed by atoms with Crippen molar-refractivity contribution in [2.24, 2.45) is 11.5 Å². The van der Waals surface area contributed by atoms with Gasteiger partial charge < -0.3 is 11.5 Å². The maximum atomic E-state index is 11.1. The van der Waals surface area contributed by atoms with Gasteiger partial charge in [-0.1, -0.05) is 18.5 Å². The highest BCUT2D eigenvalue weighted by Crippen LogP contribution is 2.28. The molecule has 0 spiro atoms. The predicted molar refractivity (Wildman–Crippen MR) is 73.2 cm³/mol. The summed E-state index contributed by atoms with van der Waals surface area (Å²) in [7, 11) is 0. The Kier molecular flexibility index (Phi) is 4.86. The first-order valence-corrected chi connectivity index (χ1v) is 6.58. The molecule has 0 heterocycles. The number of carbonyl (C=O) groups is 1. The van der Waals surface area contributed by atoms with Gasteiger partial charge in [0.2, 0.25) is 5.91 Å². The number of halogens is 1. The first-order chi connectivity index (χ1) is 7.81. The quantitative estimate of drug-likeness (QED) is 0.809. The zero-order chi connectivity index (χ0) is 13.1. The Morgan fingerprint density at radius 2 is 2.00 bits per heavy atom. The van der Waals surface area contributed by atoms with E-state index in [-0.39, 0.29) is 5.25 Å². The SMILES string of the molecule is CC(CC(C)(N)C(N)=O)Sc1ccc(Cl)cc1. The number of amides is 1. The largest absolute Gasteiger partial charge is 0.368 e. The fraction of sp³-hybridized carbons (Fsp3) is 0.417. The van der Waals surface area contributed by atoms with E-state index in [1.54, 1.807) is 18.7 Å². The summed E-state index contributed by atoms with van der Waals surface area (Å²) in [5.41, 5.74) is 10.1. The molecule has 1 amide bonds. The van der Waals surface area contributed by atoms with E-state index in [9.17, 15) is 4.79 Å². The molecular weight excluding hydrogens is 256 g/mol. The van der Waals surface area contributed by atoms with Crippen LogP contribution < -0.4 is 11.5 Å². The monoisotopic (exact) mass is 272 g/mol. The summed E-state index contributed by atoms with van der Waals surface area (Å²) in [5.74, 6) is -0.471. The second-order valence-corrected chi connectivity index (χ2v) is 6.32. The number of hydrogen-bond donors (Lipinski definition) is 2. The lowest BCUT2D eigenvalue weighted by atomic mass is 9.97. The van der Waals surface area contributed by atoms with Crippen molar-refractivity contribution >= 4 is 29.3 Å². The normalized spacial score (nSPS) is 16.2. The Labute approximate surface area is 111 Å². The Bertz CT molecular complexity index is 392. The van der Waals surface area contributed by atoms with E-state index in [0.717, 1.165) is 4.90 Å². The minimum absolute atomic E-state index is 0.207. The Morgan fingerprint density at radius 1 is 1.47 bits per heavy atom. The van der Waals surface area contributed by atoms with Gasteiger partial charge in [0.05, 0.1) is 5.54 Å². The molecule has 0 radical (unpaired) electrons. The number of primary amides is 1. The average Bonchev–Trinajstić information content (AvgIpc) is 2.20. The number of rotatable bonds is 5. The highest BCUT2D eigenvalue weighted by Gasteiger charge is 2.28. The molecule has 0 fully saturated rings. The van der Waals surface area contributed by atoms with Crippen molar-refractivity contribution in [3.05, 3.63) is 29.3 Å². The molecular formula is C12H17ClN2OS. The van der Waals surface area contributed by atoms with Gasteiger partial charge in [-0.2, -0.15) is 0 Å². The van der Waals surface area contributed by atoms with Crippen LogP contribution in [0.25, 0.3) is 0 Å². The van der Waals surface area contributed by atoms with Crippen LogP contribution in [0.3, 0.4) is 0 Å².